The van der Waals surface area contributed by atoms with Crippen LogP contribution in [0.3, 0.4) is 0 Å². The molecule has 1 aliphatic rings. The third-order valence-corrected chi connectivity index (χ3v) is 5.38. The fourth-order valence-electron chi connectivity index (χ4n) is 3.80. The van der Waals surface area contributed by atoms with Gasteiger partial charge in [-0.25, -0.2) is 4.68 Å². The van der Waals surface area contributed by atoms with Gasteiger partial charge in [0.15, 0.2) is 0 Å². The van der Waals surface area contributed by atoms with Gasteiger partial charge in [-0.05, 0) is 31.0 Å². The van der Waals surface area contributed by atoms with Gasteiger partial charge in [-0.15, -0.1) is 5.10 Å². The third kappa shape index (κ3) is 4.19. The van der Waals surface area contributed by atoms with E-state index >= 15 is 0 Å². The maximum Gasteiger partial charge on any atom is 0.0888 e. The van der Waals surface area contributed by atoms with Crippen LogP contribution in [0.5, 0.6) is 0 Å². The molecule has 0 unspecified atom stereocenters. The topological polar surface area (TPSA) is 37.2 Å². The summed E-state index contributed by atoms with van der Waals surface area (Å²) in [4.78, 5) is 5.04. The van der Waals surface area contributed by atoms with Crippen molar-refractivity contribution < 1.29 is 0 Å². The highest BCUT2D eigenvalue weighted by atomic mass is 15.4. The monoisotopic (exact) mass is 361 g/mol. The van der Waals surface area contributed by atoms with Crippen molar-refractivity contribution in [3.05, 3.63) is 66.4 Å². The smallest absolute Gasteiger partial charge is 0.0888 e. The summed E-state index contributed by atoms with van der Waals surface area (Å²) in [6, 6.07) is 19.1. The third-order valence-electron chi connectivity index (χ3n) is 5.38. The molecule has 0 saturated carbocycles. The lowest BCUT2D eigenvalue weighted by molar-refractivity contribution is 0.249. The Morgan fingerprint density at radius 1 is 0.852 bits per heavy atom. The van der Waals surface area contributed by atoms with Gasteiger partial charge in [0.25, 0.3) is 0 Å². The molecule has 0 N–H and O–H groups in total. The van der Waals surface area contributed by atoms with E-state index in [9.17, 15) is 0 Å². The van der Waals surface area contributed by atoms with Crippen molar-refractivity contribution >= 4 is 5.69 Å². The molecule has 5 heteroatoms. The molecule has 0 spiro atoms. The van der Waals surface area contributed by atoms with E-state index in [1.807, 2.05) is 10.9 Å². The fourth-order valence-corrected chi connectivity index (χ4v) is 3.80. The van der Waals surface area contributed by atoms with Crippen LogP contribution in [-0.2, 0) is 6.54 Å². The lowest BCUT2D eigenvalue weighted by Crippen LogP contribution is -2.46. The summed E-state index contributed by atoms with van der Waals surface area (Å²) < 4.78 is 2.04. The highest BCUT2D eigenvalue weighted by Gasteiger charge is 2.17. The number of anilines is 1. The molecule has 0 radical (unpaired) electrons. The largest absolute Gasteiger partial charge is 0.369 e. The van der Waals surface area contributed by atoms with Crippen LogP contribution in [0.25, 0.3) is 11.3 Å². The average molecular weight is 361 g/mol. The predicted molar refractivity (Wildman–Crippen MR) is 110 cm³/mol. The average Bonchev–Trinajstić information content (AvgIpc) is 3.18. The van der Waals surface area contributed by atoms with Crippen molar-refractivity contribution in [2.24, 2.45) is 0 Å². The summed E-state index contributed by atoms with van der Waals surface area (Å²) in [6.07, 6.45) is 2.97. The zero-order valence-electron chi connectivity index (χ0n) is 16.0. The molecule has 1 aromatic heterocycles. The highest BCUT2D eigenvalue weighted by molar-refractivity contribution is 5.62. The molecule has 0 atom stereocenters. The molecule has 1 fully saturated rings. The summed E-state index contributed by atoms with van der Waals surface area (Å²) in [7, 11) is 0. The van der Waals surface area contributed by atoms with Gasteiger partial charge in [-0.1, -0.05) is 47.7 Å². The Labute approximate surface area is 161 Å². The first-order valence-electron chi connectivity index (χ1n) is 9.78. The van der Waals surface area contributed by atoms with E-state index in [0.29, 0.717) is 0 Å². The Hall–Kier alpha value is -2.66. The summed E-state index contributed by atoms with van der Waals surface area (Å²) in [5, 5.41) is 8.45. The Kier molecular flexibility index (Phi) is 5.49. The van der Waals surface area contributed by atoms with Gasteiger partial charge in [0.1, 0.15) is 0 Å². The van der Waals surface area contributed by atoms with Crippen LogP contribution in [0.1, 0.15) is 12.0 Å². The molecule has 4 rings (SSSR count). The second-order valence-electron chi connectivity index (χ2n) is 7.18. The summed E-state index contributed by atoms with van der Waals surface area (Å²) in [6.45, 7) is 8.59. The second kappa shape index (κ2) is 8.35. The molecule has 2 aromatic carbocycles. The zero-order valence-corrected chi connectivity index (χ0v) is 16.0. The van der Waals surface area contributed by atoms with Crippen LogP contribution < -0.4 is 4.90 Å². The lowest BCUT2D eigenvalue weighted by atomic mass is 10.1. The second-order valence-corrected chi connectivity index (χ2v) is 7.18. The number of hydrogen-bond acceptors (Lipinski definition) is 4. The molecule has 140 valence electrons. The number of hydrogen-bond donors (Lipinski definition) is 0. The quantitative estimate of drug-likeness (QED) is 0.674. The number of aromatic nitrogens is 3. The van der Waals surface area contributed by atoms with Gasteiger partial charge in [0.2, 0.25) is 0 Å². The van der Waals surface area contributed by atoms with Crippen molar-refractivity contribution in [2.75, 3.05) is 37.6 Å². The van der Waals surface area contributed by atoms with E-state index in [2.05, 4.69) is 81.6 Å². The summed E-state index contributed by atoms with van der Waals surface area (Å²) in [5.74, 6) is 0. The molecular weight excluding hydrogens is 334 g/mol. The van der Waals surface area contributed by atoms with E-state index in [0.717, 1.165) is 51.4 Å². The Morgan fingerprint density at radius 2 is 1.59 bits per heavy atom. The molecule has 1 saturated heterocycles. The van der Waals surface area contributed by atoms with Crippen LogP contribution in [0.2, 0.25) is 0 Å². The number of benzene rings is 2. The number of para-hydroxylation sites is 1. The summed E-state index contributed by atoms with van der Waals surface area (Å²) >= 11 is 0. The van der Waals surface area contributed by atoms with Crippen LogP contribution in [-0.4, -0.2) is 52.6 Å². The number of piperazine rings is 1. The van der Waals surface area contributed by atoms with Crippen LogP contribution in [0.15, 0.2) is 60.8 Å². The first kappa shape index (κ1) is 17.7. The maximum absolute atomic E-state index is 4.31. The van der Waals surface area contributed by atoms with Gasteiger partial charge < -0.3 is 4.90 Å². The van der Waals surface area contributed by atoms with Gasteiger partial charge in [0, 0.05) is 50.5 Å². The number of rotatable bonds is 6. The molecule has 0 amide bonds. The van der Waals surface area contributed by atoms with Gasteiger partial charge in [-0.3, -0.25) is 4.90 Å². The van der Waals surface area contributed by atoms with Crippen LogP contribution >= 0.6 is 0 Å². The Bertz CT molecular complexity index is 850. The zero-order chi connectivity index (χ0) is 18.5. The highest BCUT2D eigenvalue weighted by Crippen LogP contribution is 2.22. The van der Waals surface area contributed by atoms with E-state index < -0.39 is 0 Å². The van der Waals surface area contributed by atoms with Crippen molar-refractivity contribution in [2.45, 2.75) is 19.9 Å². The Morgan fingerprint density at radius 3 is 2.37 bits per heavy atom. The van der Waals surface area contributed by atoms with Gasteiger partial charge in [0.05, 0.1) is 11.9 Å². The molecule has 0 aliphatic carbocycles. The van der Waals surface area contributed by atoms with Crippen molar-refractivity contribution in [1.82, 2.24) is 19.9 Å². The molecule has 5 nitrogen and oxygen atoms in total. The normalized spacial score (nSPS) is 15.2. The lowest BCUT2D eigenvalue weighted by Gasteiger charge is -2.36. The minimum Gasteiger partial charge on any atom is -0.369 e. The number of aryl methyl sites for hydroxylation is 2. The number of nitrogens with zero attached hydrogens (tertiary/aromatic N) is 5. The predicted octanol–water partition coefficient (Wildman–Crippen LogP) is 3.47. The van der Waals surface area contributed by atoms with Crippen LogP contribution in [0.4, 0.5) is 5.69 Å². The van der Waals surface area contributed by atoms with E-state index in [4.69, 9.17) is 0 Å². The molecule has 3 aromatic rings. The van der Waals surface area contributed by atoms with E-state index in [1.54, 1.807) is 0 Å². The standard InChI is InChI=1S/C22H27N5/c1-19-8-5-6-11-21(19)22-18-23-24-27(22)13-7-12-25-14-16-26(17-15-25)20-9-3-2-4-10-20/h2-6,8-11,18H,7,12-17H2,1H3. The summed E-state index contributed by atoms with van der Waals surface area (Å²) in [5.41, 5.74) is 4.93. The van der Waals surface area contributed by atoms with Gasteiger partial charge in [-0.2, -0.15) is 0 Å². The van der Waals surface area contributed by atoms with E-state index in [-0.39, 0.29) is 0 Å². The maximum atomic E-state index is 4.31. The molecule has 1 aliphatic heterocycles. The van der Waals surface area contributed by atoms with Crippen LogP contribution in [0, 0.1) is 6.92 Å². The van der Waals surface area contributed by atoms with Crippen molar-refractivity contribution in [3.8, 4) is 11.3 Å². The molecule has 0 bridgehead atoms. The molecule has 27 heavy (non-hydrogen) atoms. The minimum atomic E-state index is 0.905. The SMILES string of the molecule is Cc1ccccc1-c1cnnn1CCCN1CCN(c2ccccc2)CC1. The molecule has 2 heterocycles. The van der Waals surface area contributed by atoms with E-state index in [1.165, 1.54) is 16.8 Å². The first-order valence-corrected chi connectivity index (χ1v) is 9.78. The fraction of sp³-hybridized carbons (Fsp3) is 0.364. The van der Waals surface area contributed by atoms with Crippen molar-refractivity contribution in [1.29, 1.82) is 0 Å². The first-order chi connectivity index (χ1) is 13.3. The Balaban J connectivity index is 1.28. The minimum absolute atomic E-state index is 0.905. The van der Waals surface area contributed by atoms with Gasteiger partial charge >= 0.3 is 0 Å². The molecular formula is C22H27N5. The van der Waals surface area contributed by atoms with Crippen molar-refractivity contribution in [3.63, 3.8) is 0 Å².